The van der Waals surface area contributed by atoms with E-state index < -0.39 is 6.04 Å². The van der Waals surface area contributed by atoms with Gasteiger partial charge in [-0.3, -0.25) is 9.59 Å². The number of amides is 2. The van der Waals surface area contributed by atoms with Crippen molar-refractivity contribution in [1.29, 1.82) is 0 Å². The van der Waals surface area contributed by atoms with E-state index in [0.717, 1.165) is 16.1 Å². The molecule has 0 fully saturated rings. The molecule has 0 unspecified atom stereocenters. The van der Waals surface area contributed by atoms with Gasteiger partial charge in [-0.2, -0.15) is 0 Å². The lowest BCUT2D eigenvalue weighted by Crippen LogP contribution is -2.47. The van der Waals surface area contributed by atoms with Gasteiger partial charge in [0.25, 0.3) is 5.91 Å². The molecule has 1 atom stereocenters. The second-order valence-corrected chi connectivity index (χ2v) is 7.86. The number of aromatic nitrogens is 1. The van der Waals surface area contributed by atoms with E-state index in [1.807, 2.05) is 62.5 Å². The van der Waals surface area contributed by atoms with Crippen LogP contribution in [-0.4, -0.2) is 22.8 Å². The molecule has 0 spiro atoms. The highest BCUT2D eigenvalue weighted by atomic mass is 32.1. The lowest BCUT2D eigenvalue weighted by molar-refractivity contribution is -0.118. The average molecular weight is 394 g/mol. The summed E-state index contributed by atoms with van der Waals surface area (Å²) >= 11 is 1.56. The predicted octanol–water partition coefficient (Wildman–Crippen LogP) is 4.51. The number of thiazole rings is 1. The Bertz CT molecular complexity index is 933. The highest BCUT2D eigenvalue weighted by Gasteiger charge is 2.24. The van der Waals surface area contributed by atoms with Crippen molar-refractivity contribution in [2.24, 2.45) is 5.92 Å². The lowest BCUT2D eigenvalue weighted by atomic mass is 10.0. The number of rotatable bonds is 6. The van der Waals surface area contributed by atoms with Gasteiger partial charge in [-0.05, 0) is 49.2 Å². The molecule has 144 valence electrons. The summed E-state index contributed by atoms with van der Waals surface area (Å²) in [5, 5.41) is 8.60. The van der Waals surface area contributed by atoms with Crippen LogP contribution in [0.1, 0.15) is 29.8 Å². The number of anilines is 1. The van der Waals surface area contributed by atoms with Crippen LogP contribution in [0.15, 0.2) is 60.1 Å². The topological polar surface area (TPSA) is 71.1 Å². The van der Waals surface area contributed by atoms with Crippen molar-refractivity contribution in [3.8, 4) is 10.6 Å². The summed E-state index contributed by atoms with van der Waals surface area (Å²) in [7, 11) is 0. The minimum atomic E-state index is -0.632. The van der Waals surface area contributed by atoms with Gasteiger partial charge in [0.05, 0.1) is 0 Å². The second kappa shape index (κ2) is 8.80. The van der Waals surface area contributed by atoms with Crippen molar-refractivity contribution >= 4 is 28.8 Å². The van der Waals surface area contributed by atoms with Crippen molar-refractivity contribution in [3.63, 3.8) is 0 Å². The fraction of sp³-hybridized carbons (Fsp3) is 0.227. The molecule has 0 aliphatic rings. The molecule has 0 radical (unpaired) electrons. The Hall–Kier alpha value is -2.99. The summed E-state index contributed by atoms with van der Waals surface area (Å²) < 4.78 is 0. The smallest absolute Gasteiger partial charge is 0.251 e. The van der Waals surface area contributed by atoms with Crippen LogP contribution in [0.5, 0.6) is 0 Å². The first-order valence-electron chi connectivity index (χ1n) is 9.12. The molecule has 0 saturated carbocycles. The summed E-state index contributed by atoms with van der Waals surface area (Å²) in [4.78, 5) is 29.5. The zero-order chi connectivity index (χ0) is 20.1. The normalized spacial score (nSPS) is 11.9. The van der Waals surface area contributed by atoms with Gasteiger partial charge in [-0.15, -0.1) is 11.3 Å². The minimum absolute atomic E-state index is 0.0519. The van der Waals surface area contributed by atoms with Crippen molar-refractivity contribution in [1.82, 2.24) is 10.3 Å². The molecule has 28 heavy (non-hydrogen) atoms. The van der Waals surface area contributed by atoms with Crippen LogP contribution in [0.2, 0.25) is 0 Å². The quantitative estimate of drug-likeness (QED) is 0.647. The summed E-state index contributed by atoms with van der Waals surface area (Å²) in [6, 6.07) is 14.2. The maximum atomic E-state index is 12.8. The Labute approximate surface area is 168 Å². The average Bonchev–Trinajstić information content (AvgIpc) is 3.21. The summed E-state index contributed by atoms with van der Waals surface area (Å²) in [6.07, 6.45) is 1.76. The molecule has 3 rings (SSSR count). The third kappa shape index (κ3) is 4.84. The number of nitrogens with zero attached hydrogens (tertiary/aromatic N) is 1. The number of hydrogen-bond acceptors (Lipinski definition) is 4. The highest BCUT2D eigenvalue weighted by molar-refractivity contribution is 7.13. The number of nitrogens with one attached hydrogen (secondary N) is 2. The molecular weight excluding hydrogens is 370 g/mol. The van der Waals surface area contributed by atoms with Crippen LogP contribution in [-0.2, 0) is 4.79 Å². The fourth-order valence-corrected chi connectivity index (χ4v) is 3.39. The fourth-order valence-electron chi connectivity index (χ4n) is 2.75. The lowest BCUT2D eigenvalue weighted by Gasteiger charge is -2.22. The Morgan fingerprint density at radius 2 is 1.68 bits per heavy atom. The summed E-state index contributed by atoms with van der Waals surface area (Å²) in [5.74, 6) is -0.547. The van der Waals surface area contributed by atoms with Crippen LogP contribution in [0.3, 0.4) is 0 Å². The monoisotopic (exact) mass is 393 g/mol. The first-order valence-corrected chi connectivity index (χ1v) is 10.0. The second-order valence-electron chi connectivity index (χ2n) is 6.97. The molecule has 0 aliphatic heterocycles. The first kappa shape index (κ1) is 19.8. The van der Waals surface area contributed by atoms with E-state index in [-0.39, 0.29) is 17.7 Å². The molecule has 2 N–H and O–H groups in total. The van der Waals surface area contributed by atoms with Crippen LogP contribution >= 0.6 is 11.3 Å². The molecule has 0 saturated heterocycles. The molecular formula is C22H23N3O2S. The van der Waals surface area contributed by atoms with Crippen LogP contribution in [0.25, 0.3) is 10.6 Å². The van der Waals surface area contributed by atoms with E-state index in [1.165, 1.54) is 0 Å². The largest absolute Gasteiger partial charge is 0.340 e. The number of benzene rings is 2. The molecule has 2 amide bonds. The SMILES string of the molecule is Cc1ccc(C(=O)N[C@H](C(=O)Nc2ccc(-c3nccs3)cc2)C(C)C)cc1. The minimum Gasteiger partial charge on any atom is -0.340 e. The number of carbonyl (C=O) groups excluding carboxylic acids is 2. The Kier molecular flexibility index (Phi) is 6.21. The van der Waals surface area contributed by atoms with E-state index in [2.05, 4.69) is 15.6 Å². The third-order valence-corrected chi connectivity index (χ3v) is 5.20. The molecule has 6 heteroatoms. The molecule has 1 aromatic heterocycles. The van der Waals surface area contributed by atoms with Crippen molar-refractivity contribution < 1.29 is 9.59 Å². The van der Waals surface area contributed by atoms with Gasteiger partial charge in [0.1, 0.15) is 11.0 Å². The molecule has 0 aliphatic carbocycles. The summed E-state index contributed by atoms with van der Waals surface area (Å²) in [6.45, 7) is 5.78. The van der Waals surface area contributed by atoms with Crippen LogP contribution in [0.4, 0.5) is 5.69 Å². The standard InChI is InChI=1S/C22H23N3O2S/c1-14(2)19(25-20(26)16-6-4-15(3)5-7-16)21(27)24-18-10-8-17(9-11-18)22-23-12-13-28-22/h4-14,19H,1-3H3,(H,24,27)(H,25,26)/t19-/m0/s1. The van der Waals surface area contributed by atoms with Crippen molar-refractivity contribution in [2.75, 3.05) is 5.32 Å². The van der Waals surface area contributed by atoms with Gasteiger partial charge in [0, 0.05) is 28.4 Å². The van der Waals surface area contributed by atoms with E-state index in [4.69, 9.17) is 0 Å². The van der Waals surface area contributed by atoms with E-state index >= 15 is 0 Å². The van der Waals surface area contributed by atoms with Gasteiger partial charge in [0.2, 0.25) is 5.91 Å². The molecule has 3 aromatic rings. The van der Waals surface area contributed by atoms with Crippen LogP contribution in [0, 0.1) is 12.8 Å². The number of hydrogen-bond donors (Lipinski definition) is 2. The summed E-state index contributed by atoms with van der Waals surface area (Å²) in [5.41, 5.74) is 3.30. The zero-order valence-corrected chi connectivity index (χ0v) is 16.9. The van der Waals surface area contributed by atoms with Gasteiger partial charge < -0.3 is 10.6 Å². The number of carbonyl (C=O) groups is 2. The van der Waals surface area contributed by atoms with Gasteiger partial charge >= 0.3 is 0 Å². The van der Waals surface area contributed by atoms with Crippen molar-refractivity contribution in [2.45, 2.75) is 26.8 Å². The van der Waals surface area contributed by atoms with E-state index in [1.54, 1.807) is 29.7 Å². The number of aryl methyl sites for hydroxylation is 1. The van der Waals surface area contributed by atoms with Gasteiger partial charge in [0.15, 0.2) is 0 Å². The van der Waals surface area contributed by atoms with E-state index in [9.17, 15) is 9.59 Å². The molecule has 5 nitrogen and oxygen atoms in total. The Morgan fingerprint density at radius 1 is 1.00 bits per heavy atom. The first-order chi connectivity index (χ1) is 13.4. The van der Waals surface area contributed by atoms with Gasteiger partial charge in [-0.25, -0.2) is 4.98 Å². The highest BCUT2D eigenvalue weighted by Crippen LogP contribution is 2.23. The Balaban J connectivity index is 1.67. The predicted molar refractivity (Wildman–Crippen MR) is 113 cm³/mol. The maximum Gasteiger partial charge on any atom is 0.251 e. The zero-order valence-electron chi connectivity index (χ0n) is 16.1. The third-order valence-electron chi connectivity index (χ3n) is 4.38. The Morgan fingerprint density at radius 3 is 2.25 bits per heavy atom. The maximum absolute atomic E-state index is 12.8. The molecule has 0 bridgehead atoms. The van der Waals surface area contributed by atoms with E-state index in [0.29, 0.717) is 11.3 Å². The van der Waals surface area contributed by atoms with Crippen molar-refractivity contribution in [3.05, 3.63) is 71.2 Å². The molecule has 1 heterocycles. The van der Waals surface area contributed by atoms with Crippen LogP contribution < -0.4 is 10.6 Å². The van der Waals surface area contributed by atoms with Gasteiger partial charge in [-0.1, -0.05) is 31.5 Å². The molecule has 2 aromatic carbocycles.